The molecule has 18 heavy (non-hydrogen) atoms. The molecule has 0 radical (unpaired) electrons. The van der Waals surface area contributed by atoms with Crippen molar-refractivity contribution in [2.75, 3.05) is 0 Å². The number of rotatable bonds is 3. The maximum atomic E-state index is 13.0. The van der Waals surface area contributed by atoms with E-state index < -0.39 is 0 Å². The summed E-state index contributed by atoms with van der Waals surface area (Å²) >= 11 is 3.40. The summed E-state index contributed by atoms with van der Waals surface area (Å²) in [7, 11) is 0. The Morgan fingerprint density at radius 2 is 2.28 bits per heavy atom. The second-order valence-corrected chi connectivity index (χ2v) is 6.23. The molecule has 0 aromatic heterocycles. The Morgan fingerprint density at radius 3 is 2.89 bits per heavy atom. The highest BCUT2D eigenvalue weighted by atomic mass is 79.9. The number of ether oxygens (including phenoxy) is 1. The van der Waals surface area contributed by atoms with Crippen molar-refractivity contribution >= 4 is 15.9 Å². The van der Waals surface area contributed by atoms with Crippen LogP contribution in [0.5, 0.6) is 0 Å². The van der Waals surface area contributed by atoms with Crippen LogP contribution in [0.4, 0.5) is 4.39 Å². The van der Waals surface area contributed by atoms with Crippen molar-refractivity contribution < 1.29 is 9.13 Å². The van der Waals surface area contributed by atoms with Crippen LogP contribution in [0.1, 0.15) is 24.8 Å². The average molecular weight is 314 g/mol. The molecule has 0 spiro atoms. The molecule has 1 aromatic carbocycles. The van der Waals surface area contributed by atoms with Gasteiger partial charge in [0.25, 0.3) is 0 Å². The Morgan fingerprint density at radius 1 is 1.44 bits per heavy atom. The van der Waals surface area contributed by atoms with Crippen LogP contribution in [0, 0.1) is 11.7 Å². The van der Waals surface area contributed by atoms with Crippen molar-refractivity contribution in [2.45, 2.75) is 43.9 Å². The molecule has 2 aliphatic heterocycles. The van der Waals surface area contributed by atoms with Crippen molar-refractivity contribution in [3.8, 4) is 0 Å². The van der Waals surface area contributed by atoms with Gasteiger partial charge in [-0.05, 0) is 43.4 Å². The molecule has 0 saturated carbocycles. The van der Waals surface area contributed by atoms with E-state index >= 15 is 0 Å². The van der Waals surface area contributed by atoms with Gasteiger partial charge >= 0.3 is 0 Å². The Balaban J connectivity index is 1.69. The minimum Gasteiger partial charge on any atom is -0.375 e. The summed E-state index contributed by atoms with van der Waals surface area (Å²) in [5, 5.41) is 0. The molecular weight excluding hydrogens is 297 g/mol. The van der Waals surface area contributed by atoms with E-state index in [4.69, 9.17) is 10.5 Å². The highest BCUT2D eigenvalue weighted by molar-refractivity contribution is 9.10. The van der Waals surface area contributed by atoms with Gasteiger partial charge in [-0.15, -0.1) is 0 Å². The van der Waals surface area contributed by atoms with Gasteiger partial charge in [-0.25, -0.2) is 4.39 Å². The van der Waals surface area contributed by atoms with Crippen LogP contribution in [0.15, 0.2) is 22.7 Å². The van der Waals surface area contributed by atoms with Crippen LogP contribution < -0.4 is 5.73 Å². The summed E-state index contributed by atoms with van der Waals surface area (Å²) in [6.45, 7) is 0. The van der Waals surface area contributed by atoms with Crippen LogP contribution in [0.25, 0.3) is 0 Å². The smallest absolute Gasteiger partial charge is 0.124 e. The lowest BCUT2D eigenvalue weighted by atomic mass is 9.82. The molecule has 2 aliphatic rings. The highest BCUT2D eigenvalue weighted by Crippen LogP contribution is 2.40. The van der Waals surface area contributed by atoms with Crippen LogP contribution >= 0.6 is 15.9 Å². The molecule has 0 aliphatic carbocycles. The van der Waals surface area contributed by atoms with Gasteiger partial charge < -0.3 is 10.5 Å². The van der Waals surface area contributed by atoms with E-state index in [-0.39, 0.29) is 11.9 Å². The van der Waals surface area contributed by atoms with E-state index in [9.17, 15) is 4.39 Å². The van der Waals surface area contributed by atoms with Crippen molar-refractivity contribution in [3.05, 3.63) is 34.1 Å². The third-order valence-electron chi connectivity index (χ3n) is 4.17. The first kappa shape index (κ1) is 12.6. The SMILES string of the molecule is NC(Cc1ccc(F)cc1Br)C1CC2CCC1O2. The number of hydrogen-bond donors (Lipinski definition) is 1. The molecule has 3 rings (SSSR count). The number of nitrogens with two attached hydrogens (primary N) is 1. The molecule has 2 fully saturated rings. The second kappa shape index (κ2) is 4.91. The zero-order chi connectivity index (χ0) is 12.7. The Labute approximate surface area is 115 Å². The van der Waals surface area contributed by atoms with Gasteiger partial charge in [-0.1, -0.05) is 22.0 Å². The lowest BCUT2D eigenvalue weighted by Gasteiger charge is -2.25. The van der Waals surface area contributed by atoms with E-state index in [1.54, 1.807) is 0 Å². The summed E-state index contributed by atoms with van der Waals surface area (Å²) in [4.78, 5) is 0. The van der Waals surface area contributed by atoms with Gasteiger partial charge in [0.05, 0.1) is 12.2 Å². The maximum Gasteiger partial charge on any atom is 0.124 e. The quantitative estimate of drug-likeness (QED) is 0.931. The number of fused-ring (bicyclic) bond motifs is 2. The van der Waals surface area contributed by atoms with Gasteiger partial charge in [0, 0.05) is 16.4 Å². The van der Waals surface area contributed by atoms with E-state index in [1.807, 2.05) is 6.07 Å². The Bertz CT molecular complexity index is 453. The third-order valence-corrected chi connectivity index (χ3v) is 4.91. The van der Waals surface area contributed by atoms with Crippen LogP contribution in [0.2, 0.25) is 0 Å². The predicted molar refractivity (Wildman–Crippen MR) is 71.8 cm³/mol. The lowest BCUT2D eigenvalue weighted by Crippen LogP contribution is -2.38. The van der Waals surface area contributed by atoms with Crippen molar-refractivity contribution in [2.24, 2.45) is 11.7 Å². The van der Waals surface area contributed by atoms with E-state index in [2.05, 4.69) is 15.9 Å². The molecule has 4 atom stereocenters. The zero-order valence-electron chi connectivity index (χ0n) is 10.1. The molecule has 98 valence electrons. The van der Waals surface area contributed by atoms with Gasteiger partial charge in [0.15, 0.2) is 0 Å². The topological polar surface area (TPSA) is 35.2 Å². The fourth-order valence-electron chi connectivity index (χ4n) is 3.22. The van der Waals surface area contributed by atoms with Gasteiger partial charge in [-0.2, -0.15) is 0 Å². The third kappa shape index (κ3) is 2.33. The van der Waals surface area contributed by atoms with Gasteiger partial charge in [0.1, 0.15) is 5.82 Å². The Hall–Kier alpha value is -0.450. The van der Waals surface area contributed by atoms with Crippen molar-refractivity contribution in [1.29, 1.82) is 0 Å². The molecule has 1 aromatic rings. The monoisotopic (exact) mass is 313 g/mol. The average Bonchev–Trinajstić information content (AvgIpc) is 2.94. The summed E-state index contributed by atoms with van der Waals surface area (Å²) in [5.74, 6) is 0.239. The second-order valence-electron chi connectivity index (χ2n) is 5.38. The number of benzene rings is 1. The molecule has 2 saturated heterocycles. The minimum atomic E-state index is -0.220. The number of hydrogen-bond acceptors (Lipinski definition) is 2. The zero-order valence-corrected chi connectivity index (χ0v) is 11.7. The van der Waals surface area contributed by atoms with Gasteiger partial charge in [-0.3, -0.25) is 0 Å². The van der Waals surface area contributed by atoms with Crippen LogP contribution in [-0.2, 0) is 11.2 Å². The molecule has 4 heteroatoms. The van der Waals surface area contributed by atoms with Crippen LogP contribution in [0.3, 0.4) is 0 Å². The molecule has 2 nitrogen and oxygen atoms in total. The summed E-state index contributed by atoms with van der Waals surface area (Å²) in [5.41, 5.74) is 7.39. The minimum absolute atomic E-state index is 0.0991. The largest absolute Gasteiger partial charge is 0.375 e. The molecule has 2 bridgehead atoms. The Kier molecular flexibility index (Phi) is 3.43. The molecule has 2 N–H and O–H groups in total. The highest BCUT2D eigenvalue weighted by Gasteiger charge is 2.43. The lowest BCUT2D eigenvalue weighted by molar-refractivity contribution is 0.0885. The fourth-order valence-corrected chi connectivity index (χ4v) is 3.73. The molecule has 2 heterocycles. The maximum absolute atomic E-state index is 13.0. The van der Waals surface area contributed by atoms with Gasteiger partial charge in [0.2, 0.25) is 0 Å². The molecule has 0 amide bonds. The van der Waals surface area contributed by atoms with E-state index in [1.165, 1.54) is 18.6 Å². The standard InChI is InChI=1S/C14H17BrFNO/c15-12-6-9(16)2-1-8(12)5-13(17)11-7-10-3-4-14(11)18-10/h1-2,6,10-11,13-14H,3-5,7,17H2. The fraction of sp³-hybridized carbons (Fsp3) is 0.571. The first-order chi connectivity index (χ1) is 8.63. The summed E-state index contributed by atoms with van der Waals surface area (Å²) < 4.78 is 19.7. The predicted octanol–water partition coefficient (Wildman–Crippen LogP) is 3.03. The normalized spacial score (nSPS) is 31.8. The van der Waals surface area contributed by atoms with E-state index in [0.29, 0.717) is 18.1 Å². The van der Waals surface area contributed by atoms with E-state index in [0.717, 1.165) is 29.3 Å². The molecule has 4 unspecified atom stereocenters. The first-order valence-electron chi connectivity index (χ1n) is 6.48. The van der Waals surface area contributed by atoms with Crippen molar-refractivity contribution in [3.63, 3.8) is 0 Å². The summed E-state index contributed by atoms with van der Waals surface area (Å²) in [6, 6.07) is 4.90. The first-order valence-corrected chi connectivity index (χ1v) is 7.28. The van der Waals surface area contributed by atoms with Crippen LogP contribution in [-0.4, -0.2) is 18.2 Å². The summed E-state index contributed by atoms with van der Waals surface area (Å²) in [6.07, 6.45) is 4.98. The van der Waals surface area contributed by atoms with Crippen molar-refractivity contribution in [1.82, 2.24) is 0 Å². The molecular formula is C14H17BrFNO. The number of halogens is 2.